The average molecular weight is 253 g/mol. The second-order valence-electron chi connectivity index (χ2n) is 4.70. The Bertz CT molecular complexity index is 696. The van der Waals surface area contributed by atoms with E-state index in [4.69, 9.17) is 0 Å². The molecule has 3 aromatic rings. The Kier molecular flexibility index (Phi) is 2.87. The molecule has 1 aromatic carbocycles. The Morgan fingerprint density at radius 3 is 2.79 bits per heavy atom. The van der Waals surface area contributed by atoms with Gasteiger partial charge in [-0.25, -0.2) is 0 Å². The summed E-state index contributed by atoms with van der Waals surface area (Å²) >= 11 is 0. The van der Waals surface area contributed by atoms with Crippen LogP contribution in [-0.4, -0.2) is 20.0 Å². The summed E-state index contributed by atoms with van der Waals surface area (Å²) in [6, 6.07) is 8.28. The Hall–Kier alpha value is -2.43. The summed E-state index contributed by atoms with van der Waals surface area (Å²) in [6.45, 7) is 4.19. The van der Waals surface area contributed by atoms with Crippen LogP contribution in [0.15, 0.2) is 42.9 Å². The van der Waals surface area contributed by atoms with Crippen molar-refractivity contribution in [2.24, 2.45) is 0 Å². The number of nitrogens with zero attached hydrogens (tertiary/aromatic N) is 4. The number of rotatable bonds is 3. The molecule has 0 aliphatic rings. The molecule has 3 rings (SSSR count). The van der Waals surface area contributed by atoms with Gasteiger partial charge in [-0.05, 0) is 19.9 Å². The van der Waals surface area contributed by atoms with Crippen LogP contribution in [0.5, 0.6) is 0 Å². The van der Waals surface area contributed by atoms with Crippen molar-refractivity contribution in [2.75, 3.05) is 5.32 Å². The van der Waals surface area contributed by atoms with Gasteiger partial charge in [0.25, 0.3) is 0 Å². The molecule has 2 aromatic heterocycles. The highest BCUT2D eigenvalue weighted by Gasteiger charge is 2.05. The normalized spacial score (nSPS) is 11.1. The third-order valence-electron chi connectivity index (χ3n) is 2.96. The quantitative estimate of drug-likeness (QED) is 0.779. The molecule has 1 N–H and O–H groups in total. The van der Waals surface area contributed by atoms with Gasteiger partial charge in [0, 0.05) is 17.6 Å². The van der Waals surface area contributed by atoms with Gasteiger partial charge >= 0.3 is 0 Å². The zero-order valence-corrected chi connectivity index (χ0v) is 10.9. The number of nitrogens with one attached hydrogen (secondary N) is 1. The smallest absolute Gasteiger partial charge is 0.0950 e. The minimum Gasteiger partial charge on any atom is -0.351 e. The molecular weight excluding hydrogens is 238 g/mol. The third-order valence-corrected chi connectivity index (χ3v) is 2.96. The van der Waals surface area contributed by atoms with Crippen LogP contribution < -0.4 is 5.32 Å². The van der Waals surface area contributed by atoms with E-state index in [1.807, 2.05) is 41.3 Å². The Balaban J connectivity index is 1.96. The van der Waals surface area contributed by atoms with Crippen molar-refractivity contribution in [3.63, 3.8) is 0 Å². The van der Waals surface area contributed by atoms with Gasteiger partial charge in [-0.2, -0.15) is 15.3 Å². The molecular formula is C14H15N5. The molecule has 2 heterocycles. The third kappa shape index (κ3) is 2.27. The van der Waals surface area contributed by atoms with Gasteiger partial charge in [0.1, 0.15) is 0 Å². The number of fused-ring (bicyclic) bond motifs is 1. The highest BCUT2D eigenvalue weighted by molar-refractivity contribution is 5.91. The zero-order valence-electron chi connectivity index (χ0n) is 10.9. The van der Waals surface area contributed by atoms with E-state index in [1.54, 1.807) is 6.20 Å². The first kappa shape index (κ1) is 11.6. The fourth-order valence-corrected chi connectivity index (χ4v) is 1.95. The van der Waals surface area contributed by atoms with Gasteiger partial charge in [0.2, 0.25) is 0 Å². The lowest BCUT2D eigenvalue weighted by molar-refractivity contribution is 0.532. The first-order valence-corrected chi connectivity index (χ1v) is 6.25. The standard InChI is InChI=1S/C14H15N5/c1-10(2)19-9-11(7-16-19)17-14-8-15-18-13-6-4-3-5-12(13)14/h3-10H,1-2H3,(H,17,18). The summed E-state index contributed by atoms with van der Waals surface area (Å²) in [7, 11) is 0. The Morgan fingerprint density at radius 2 is 2.00 bits per heavy atom. The van der Waals surface area contributed by atoms with Gasteiger partial charge in [-0.1, -0.05) is 18.2 Å². The molecule has 0 saturated heterocycles. The second-order valence-corrected chi connectivity index (χ2v) is 4.70. The number of hydrogen-bond acceptors (Lipinski definition) is 4. The molecule has 0 aliphatic carbocycles. The summed E-state index contributed by atoms with van der Waals surface area (Å²) in [4.78, 5) is 0. The lowest BCUT2D eigenvalue weighted by Crippen LogP contribution is -2.00. The van der Waals surface area contributed by atoms with Gasteiger partial charge in [-0.3, -0.25) is 4.68 Å². The average Bonchev–Trinajstić information content (AvgIpc) is 2.88. The molecule has 5 nitrogen and oxygen atoms in total. The van der Waals surface area contributed by atoms with Crippen LogP contribution in [0, 0.1) is 0 Å². The van der Waals surface area contributed by atoms with Crippen molar-refractivity contribution in [2.45, 2.75) is 19.9 Å². The molecule has 0 saturated carbocycles. The number of hydrogen-bond donors (Lipinski definition) is 1. The SMILES string of the molecule is CC(C)n1cc(Nc2cnnc3ccccc23)cn1. The first-order valence-electron chi connectivity index (χ1n) is 6.25. The topological polar surface area (TPSA) is 55.6 Å². The maximum atomic E-state index is 4.31. The maximum Gasteiger partial charge on any atom is 0.0950 e. The largest absolute Gasteiger partial charge is 0.351 e. The van der Waals surface area contributed by atoms with Gasteiger partial charge in [0.15, 0.2) is 0 Å². The zero-order chi connectivity index (χ0) is 13.2. The molecule has 0 atom stereocenters. The Labute approximate surface area is 111 Å². The lowest BCUT2D eigenvalue weighted by atomic mass is 10.2. The van der Waals surface area contributed by atoms with Crippen molar-refractivity contribution < 1.29 is 0 Å². The predicted molar refractivity (Wildman–Crippen MR) is 75.4 cm³/mol. The molecule has 96 valence electrons. The summed E-state index contributed by atoms with van der Waals surface area (Å²) in [5, 5.41) is 16.8. The maximum absolute atomic E-state index is 4.31. The highest BCUT2D eigenvalue weighted by Crippen LogP contribution is 2.23. The van der Waals surface area contributed by atoms with E-state index in [1.165, 1.54) is 0 Å². The van der Waals surface area contributed by atoms with Crippen LogP contribution in [0.3, 0.4) is 0 Å². The first-order chi connectivity index (χ1) is 9.24. The minimum atomic E-state index is 0.350. The van der Waals surface area contributed by atoms with Gasteiger partial charge < -0.3 is 5.32 Å². The molecule has 0 amide bonds. The van der Waals surface area contributed by atoms with Gasteiger partial charge in [-0.15, -0.1) is 0 Å². The number of benzene rings is 1. The fraction of sp³-hybridized carbons (Fsp3) is 0.214. The monoisotopic (exact) mass is 253 g/mol. The summed E-state index contributed by atoms with van der Waals surface area (Å²) in [6.07, 6.45) is 5.53. The van der Waals surface area contributed by atoms with E-state index in [-0.39, 0.29) is 0 Å². The summed E-state index contributed by atoms with van der Waals surface area (Å²) < 4.78 is 1.92. The van der Waals surface area contributed by atoms with Crippen molar-refractivity contribution in [1.82, 2.24) is 20.0 Å². The highest BCUT2D eigenvalue weighted by atomic mass is 15.3. The van der Waals surface area contributed by atoms with Crippen LogP contribution in [0.25, 0.3) is 10.9 Å². The summed E-state index contributed by atoms with van der Waals surface area (Å²) in [5.41, 5.74) is 2.77. The molecule has 19 heavy (non-hydrogen) atoms. The molecule has 5 heteroatoms. The van der Waals surface area contributed by atoms with Crippen LogP contribution in [0.1, 0.15) is 19.9 Å². The van der Waals surface area contributed by atoms with E-state index >= 15 is 0 Å². The van der Waals surface area contributed by atoms with Crippen LogP contribution in [0.4, 0.5) is 11.4 Å². The van der Waals surface area contributed by atoms with E-state index < -0.39 is 0 Å². The molecule has 0 radical (unpaired) electrons. The molecule has 0 bridgehead atoms. The van der Waals surface area contributed by atoms with Crippen LogP contribution in [0.2, 0.25) is 0 Å². The van der Waals surface area contributed by atoms with Crippen LogP contribution >= 0.6 is 0 Å². The van der Waals surface area contributed by atoms with E-state index in [2.05, 4.69) is 34.5 Å². The molecule has 0 unspecified atom stereocenters. The number of aromatic nitrogens is 4. The number of anilines is 2. The molecule has 0 fully saturated rings. The molecule has 0 spiro atoms. The van der Waals surface area contributed by atoms with Crippen molar-refractivity contribution in [3.8, 4) is 0 Å². The summed E-state index contributed by atoms with van der Waals surface area (Å²) in [5.74, 6) is 0. The second kappa shape index (κ2) is 4.68. The predicted octanol–water partition coefficient (Wildman–Crippen LogP) is 3.15. The Morgan fingerprint density at radius 1 is 1.16 bits per heavy atom. The lowest BCUT2D eigenvalue weighted by Gasteiger charge is -2.06. The van der Waals surface area contributed by atoms with Gasteiger partial charge in [0.05, 0.1) is 29.3 Å². The van der Waals surface area contributed by atoms with Crippen LogP contribution in [-0.2, 0) is 0 Å². The van der Waals surface area contributed by atoms with Crippen molar-refractivity contribution >= 4 is 22.3 Å². The van der Waals surface area contributed by atoms with E-state index in [0.717, 1.165) is 22.3 Å². The van der Waals surface area contributed by atoms with Crippen molar-refractivity contribution in [3.05, 3.63) is 42.9 Å². The minimum absolute atomic E-state index is 0.350. The molecule has 0 aliphatic heterocycles. The van der Waals surface area contributed by atoms with E-state index in [9.17, 15) is 0 Å². The van der Waals surface area contributed by atoms with Crippen molar-refractivity contribution in [1.29, 1.82) is 0 Å². The fourth-order valence-electron chi connectivity index (χ4n) is 1.95. The van der Waals surface area contributed by atoms with E-state index in [0.29, 0.717) is 6.04 Å².